The lowest BCUT2D eigenvalue weighted by atomic mass is 9.98. The first kappa shape index (κ1) is 19.6. The molecular formula is C20H18NO6S-. The molecule has 3 rings (SSSR count). The second kappa shape index (κ2) is 8.26. The van der Waals surface area contributed by atoms with Crippen LogP contribution in [0.2, 0.25) is 0 Å². The summed E-state index contributed by atoms with van der Waals surface area (Å²) in [5, 5.41) is 12.9. The molecular weight excluding hydrogens is 382 g/mol. The van der Waals surface area contributed by atoms with Crippen molar-refractivity contribution < 1.29 is 27.3 Å². The first-order valence-electron chi connectivity index (χ1n) is 8.67. The maximum atomic E-state index is 12.7. The molecule has 0 unspecified atom stereocenters. The molecule has 0 saturated carbocycles. The van der Waals surface area contributed by atoms with Crippen LogP contribution in [0.15, 0.2) is 53.4 Å². The van der Waals surface area contributed by atoms with Crippen LogP contribution in [0.5, 0.6) is 5.75 Å². The summed E-state index contributed by atoms with van der Waals surface area (Å²) in [4.78, 5) is 22.5. The molecule has 0 heterocycles. The summed E-state index contributed by atoms with van der Waals surface area (Å²) in [5.74, 6) is -1.96. The van der Waals surface area contributed by atoms with E-state index in [1.165, 1.54) is 12.1 Å². The zero-order valence-corrected chi connectivity index (χ0v) is 15.7. The number of anilines is 1. The number of aliphatic carboxylic acids is 1. The molecule has 0 atom stereocenters. The molecule has 2 aromatic carbocycles. The normalized spacial score (nSPS) is 13.2. The fraction of sp³-hybridized carbons (Fsp3) is 0.200. The van der Waals surface area contributed by atoms with E-state index in [9.17, 15) is 23.1 Å². The minimum atomic E-state index is -4.06. The van der Waals surface area contributed by atoms with Crippen molar-refractivity contribution in [2.75, 3.05) is 5.32 Å². The van der Waals surface area contributed by atoms with Gasteiger partial charge in [-0.25, -0.2) is 0 Å². The van der Waals surface area contributed by atoms with Gasteiger partial charge in [-0.15, -0.1) is 0 Å². The SMILES string of the molecule is O=C([O-])CCC(=O)Nc1ccccc1OS(=O)(=O)C1=Cc2ccccc2CC1. The molecule has 0 bridgehead atoms. The maximum absolute atomic E-state index is 12.7. The molecule has 0 aliphatic heterocycles. The summed E-state index contributed by atoms with van der Waals surface area (Å²) >= 11 is 0. The highest BCUT2D eigenvalue weighted by Crippen LogP contribution is 2.31. The van der Waals surface area contributed by atoms with Crippen LogP contribution in [0.1, 0.15) is 30.4 Å². The summed E-state index contributed by atoms with van der Waals surface area (Å²) in [6, 6.07) is 13.6. The Morgan fingerprint density at radius 2 is 1.71 bits per heavy atom. The zero-order chi connectivity index (χ0) is 20.1. The Hall–Kier alpha value is -3.13. The van der Waals surface area contributed by atoms with Crippen molar-refractivity contribution in [1.29, 1.82) is 0 Å². The molecule has 0 spiro atoms. The van der Waals surface area contributed by atoms with Crippen LogP contribution in [-0.4, -0.2) is 20.3 Å². The Kier molecular flexibility index (Phi) is 5.79. The number of fused-ring (bicyclic) bond motifs is 1. The highest BCUT2D eigenvalue weighted by molar-refractivity contribution is 7.91. The van der Waals surface area contributed by atoms with Crippen molar-refractivity contribution >= 4 is 33.8 Å². The van der Waals surface area contributed by atoms with E-state index >= 15 is 0 Å². The van der Waals surface area contributed by atoms with Crippen molar-refractivity contribution in [1.82, 2.24) is 0 Å². The Morgan fingerprint density at radius 1 is 1.00 bits per heavy atom. The van der Waals surface area contributed by atoms with E-state index < -0.39 is 28.4 Å². The quantitative estimate of drug-likeness (QED) is 0.710. The molecule has 1 aliphatic rings. The Morgan fingerprint density at radius 3 is 2.50 bits per heavy atom. The molecule has 0 radical (unpaired) electrons. The Bertz CT molecular complexity index is 1040. The number of carboxylic acids is 1. The molecule has 28 heavy (non-hydrogen) atoms. The number of carbonyl (C=O) groups is 2. The third-order valence-electron chi connectivity index (χ3n) is 4.25. The van der Waals surface area contributed by atoms with Gasteiger partial charge in [-0.05, 0) is 48.6 Å². The summed E-state index contributed by atoms with van der Waals surface area (Å²) < 4.78 is 30.7. The van der Waals surface area contributed by atoms with Crippen LogP contribution in [-0.2, 0) is 26.1 Å². The van der Waals surface area contributed by atoms with Crippen LogP contribution < -0.4 is 14.6 Å². The monoisotopic (exact) mass is 400 g/mol. The standard InChI is InChI=1S/C20H19NO6S/c22-19(11-12-20(23)24)21-17-7-3-4-8-18(17)27-28(25,26)16-10-9-14-5-1-2-6-15(14)13-16/h1-8,13H,9-12H2,(H,21,22)(H,23,24)/p-1. The van der Waals surface area contributed by atoms with Crippen molar-refractivity contribution in [3.05, 3.63) is 64.6 Å². The second-order valence-corrected chi connectivity index (χ2v) is 7.86. The van der Waals surface area contributed by atoms with Gasteiger partial charge in [0.2, 0.25) is 5.91 Å². The molecule has 2 aromatic rings. The minimum Gasteiger partial charge on any atom is -0.550 e. The Labute approximate surface area is 162 Å². The van der Waals surface area contributed by atoms with Gasteiger partial charge in [-0.1, -0.05) is 36.4 Å². The molecule has 0 fully saturated rings. The van der Waals surface area contributed by atoms with Crippen molar-refractivity contribution in [2.45, 2.75) is 25.7 Å². The van der Waals surface area contributed by atoms with E-state index in [4.69, 9.17) is 4.18 Å². The fourth-order valence-corrected chi connectivity index (χ4v) is 3.96. The van der Waals surface area contributed by atoms with Crippen molar-refractivity contribution in [3.63, 3.8) is 0 Å². The second-order valence-electron chi connectivity index (χ2n) is 6.26. The summed E-state index contributed by atoms with van der Waals surface area (Å²) in [6.45, 7) is 0. The average molecular weight is 400 g/mol. The maximum Gasteiger partial charge on any atom is 0.335 e. The number of benzene rings is 2. The predicted molar refractivity (Wildman–Crippen MR) is 102 cm³/mol. The summed E-state index contributed by atoms with van der Waals surface area (Å²) in [7, 11) is -4.06. The molecule has 0 aromatic heterocycles. The number of nitrogens with one attached hydrogen (secondary N) is 1. The van der Waals surface area contributed by atoms with E-state index in [2.05, 4.69) is 5.32 Å². The molecule has 1 aliphatic carbocycles. The first-order chi connectivity index (χ1) is 13.3. The van der Waals surface area contributed by atoms with Gasteiger partial charge < -0.3 is 19.4 Å². The summed E-state index contributed by atoms with van der Waals surface area (Å²) in [6.07, 6.45) is 1.78. The number of aryl methyl sites for hydroxylation is 1. The smallest absolute Gasteiger partial charge is 0.335 e. The largest absolute Gasteiger partial charge is 0.550 e. The third kappa shape index (κ3) is 4.77. The molecule has 146 valence electrons. The van der Waals surface area contributed by atoms with Gasteiger partial charge in [0.15, 0.2) is 5.75 Å². The van der Waals surface area contributed by atoms with Gasteiger partial charge >= 0.3 is 10.1 Å². The topological polar surface area (TPSA) is 113 Å². The van der Waals surface area contributed by atoms with E-state index in [0.717, 1.165) is 11.1 Å². The van der Waals surface area contributed by atoms with Crippen LogP contribution in [0, 0.1) is 0 Å². The lowest BCUT2D eigenvalue weighted by molar-refractivity contribution is -0.305. The van der Waals surface area contributed by atoms with E-state index in [-0.39, 0.29) is 22.8 Å². The zero-order valence-electron chi connectivity index (χ0n) is 14.9. The van der Waals surface area contributed by atoms with E-state index in [1.807, 2.05) is 24.3 Å². The molecule has 7 nitrogen and oxygen atoms in total. The van der Waals surface area contributed by atoms with Crippen LogP contribution >= 0.6 is 0 Å². The summed E-state index contributed by atoms with van der Waals surface area (Å²) in [5.41, 5.74) is 2.05. The van der Waals surface area contributed by atoms with E-state index in [1.54, 1.807) is 18.2 Å². The number of allylic oxidation sites excluding steroid dienone is 1. The van der Waals surface area contributed by atoms with E-state index in [0.29, 0.717) is 12.8 Å². The van der Waals surface area contributed by atoms with Gasteiger partial charge in [-0.2, -0.15) is 8.42 Å². The van der Waals surface area contributed by atoms with Gasteiger partial charge in [-0.3, -0.25) is 4.79 Å². The fourth-order valence-electron chi connectivity index (χ4n) is 2.85. The van der Waals surface area contributed by atoms with Crippen molar-refractivity contribution in [3.8, 4) is 5.75 Å². The molecule has 1 N–H and O–H groups in total. The third-order valence-corrected chi connectivity index (χ3v) is 5.61. The number of carbonyl (C=O) groups excluding carboxylic acids is 2. The molecule has 0 saturated heterocycles. The number of hydrogen-bond acceptors (Lipinski definition) is 6. The average Bonchev–Trinajstić information content (AvgIpc) is 2.67. The number of hydrogen-bond donors (Lipinski definition) is 1. The number of amides is 1. The first-order valence-corrected chi connectivity index (χ1v) is 10.1. The number of rotatable bonds is 7. The van der Waals surface area contributed by atoms with Gasteiger partial charge in [0.1, 0.15) is 0 Å². The molecule has 8 heteroatoms. The van der Waals surface area contributed by atoms with Crippen molar-refractivity contribution in [2.24, 2.45) is 0 Å². The Balaban J connectivity index is 1.79. The van der Waals surface area contributed by atoms with Gasteiger partial charge in [0.25, 0.3) is 0 Å². The highest BCUT2D eigenvalue weighted by atomic mass is 32.2. The predicted octanol–water partition coefficient (Wildman–Crippen LogP) is 1.85. The van der Waals surface area contributed by atoms with Crippen LogP contribution in [0.3, 0.4) is 0 Å². The van der Waals surface area contributed by atoms with Crippen LogP contribution in [0.25, 0.3) is 6.08 Å². The highest BCUT2D eigenvalue weighted by Gasteiger charge is 2.25. The minimum absolute atomic E-state index is 0.0379. The number of carboxylic acid groups (broad SMARTS) is 1. The lowest BCUT2D eigenvalue weighted by Gasteiger charge is -2.18. The van der Waals surface area contributed by atoms with Gasteiger partial charge in [0, 0.05) is 12.4 Å². The number of para-hydroxylation sites is 2. The van der Waals surface area contributed by atoms with Gasteiger partial charge in [0.05, 0.1) is 10.6 Å². The van der Waals surface area contributed by atoms with Crippen LogP contribution in [0.4, 0.5) is 5.69 Å². The lowest BCUT2D eigenvalue weighted by Crippen LogP contribution is -2.24. The molecule has 1 amide bonds.